The highest BCUT2D eigenvalue weighted by atomic mass is 16.5. The van der Waals surface area contributed by atoms with Gasteiger partial charge in [0.25, 0.3) is 0 Å². The van der Waals surface area contributed by atoms with E-state index in [1.54, 1.807) is 0 Å². The summed E-state index contributed by atoms with van der Waals surface area (Å²) in [6.45, 7) is 14.2. The second-order valence-corrected chi connectivity index (χ2v) is 8.40. The lowest BCUT2D eigenvalue weighted by Crippen LogP contribution is -2.47. The van der Waals surface area contributed by atoms with E-state index in [0.717, 1.165) is 49.1 Å². The van der Waals surface area contributed by atoms with Crippen LogP contribution >= 0.6 is 0 Å². The molecule has 2 aromatic heterocycles. The zero-order valence-corrected chi connectivity index (χ0v) is 18.5. The summed E-state index contributed by atoms with van der Waals surface area (Å²) in [5, 5.41) is 4.19. The first kappa shape index (κ1) is 20.5. The van der Waals surface area contributed by atoms with Crippen molar-refractivity contribution in [2.24, 2.45) is 0 Å². The Balaban J connectivity index is 1.41. The van der Waals surface area contributed by atoms with E-state index in [0.29, 0.717) is 17.6 Å². The van der Waals surface area contributed by atoms with Crippen LogP contribution in [0.2, 0.25) is 0 Å². The van der Waals surface area contributed by atoms with Crippen LogP contribution < -0.4 is 4.90 Å². The van der Waals surface area contributed by atoms with Gasteiger partial charge < -0.3 is 9.42 Å². The molecule has 1 saturated heterocycles. The fraction of sp³-hybridized carbons (Fsp3) is 0.478. The van der Waals surface area contributed by atoms with Gasteiger partial charge in [0.15, 0.2) is 0 Å². The van der Waals surface area contributed by atoms with E-state index in [2.05, 4.69) is 70.8 Å². The second-order valence-electron chi connectivity index (χ2n) is 8.40. The molecule has 0 amide bonds. The maximum atomic E-state index is 5.60. The molecule has 1 aliphatic rings. The van der Waals surface area contributed by atoms with Gasteiger partial charge in [-0.3, -0.25) is 4.90 Å². The minimum Gasteiger partial charge on any atom is -0.354 e. The molecule has 3 heterocycles. The van der Waals surface area contributed by atoms with Crippen LogP contribution in [0.15, 0.2) is 34.9 Å². The molecule has 1 fully saturated rings. The number of hydrogen-bond donors (Lipinski definition) is 0. The zero-order chi connectivity index (χ0) is 21.3. The molecule has 0 bridgehead atoms. The van der Waals surface area contributed by atoms with Crippen LogP contribution in [0.4, 0.5) is 5.82 Å². The predicted octanol–water partition coefficient (Wildman–Crippen LogP) is 4.15. The molecule has 158 valence electrons. The molecule has 0 radical (unpaired) electrons. The summed E-state index contributed by atoms with van der Waals surface area (Å²) in [5.41, 5.74) is 3.22. The molecule has 0 saturated carbocycles. The highest BCUT2D eigenvalue weighted by Gasteiger charge is 2.27. The number of benzene rings is 1. The minimum atomic E-state index is 0.0807. The van der Waals surface area contributed by atoms with Crippen molar-refractivity contribution in [2.75, 3.05) is 31.1 Å². The van der Waals surface area contributed by atoms with E-state index in [9.17, 15) is 0 Å². The smallest absolute Gasteiger partial charge is 0.244 e. The van der Waals surface area contributed by atoms with Crippen molar-refractivity contribution in [3.63, 3.8) is 0 Å². The number of aromatic nitrogens is 4. The fourth-order valence-electron chi connectivity index (χ4n) is 3.71. The molecule has 1 aromatic carbocycles. The highest BCUT2D eigenvalue weighted by Crippen LogP contribution is 2.25. The number of aryl methyl sites for hydroxylation is 2. The number of rotatable bonds is 5. The number of piperazine rings is 1. The molecular weight excluding hydrogens is 376 g/mol. The molecule has 1 atom stereocenters. The van der Waals surface area contributed by atoms with Crippen LogP contribution in [0, 0.1) is 13.8 Å². The van der Waals surface area contributed by atoms with Crippen LogP contribution in [0.5, 0.6) is 0 Å². The average molecular weight is 407 g/mol. The van der Waals surface area contributed by atoms with Crippen molar-refractivity contribution in [2.45, 2.75) is 46.6 Å². The van der Waals surface area contributed by atoms with Crippen molar-refractivity contribution >= 4 is 5.82 Å². The van der Waals surface area contributed by atoms with Crippen LogP contribution in [-0.2, 0) is 0 Å². The maximum absolute atomic E-state index is 5.60. The third-order valence-electron chi connectivity index (χ3n) is 5.67. The van der Waals surface area contributed by atoms with E-state index in [1.807, 2.05) is 19.1 Å². The predicted molar refractivity (Wildman–Crippen MR) is 118 cm³/mol. The molecule has 0 spiro atoms. The van der Waals surface area contributed by atoms with Gasteiger partial charge in [0.05, 0.1) is 6.04 Å². The molecule has 0 aliphatic carbocycles. The highest BCUT2D eigenvalue weighted by molar-refractivity contribution is 5.54. The largest absolute Gasteiger partial charge is 0.354 e. The van der Waals surface area contributed by atoms with Crippen LogP contribution in [0.25, 0.3) is 11.4 Å². The summed E-state index contributed by atoms with van der Waals surface area (Å²) in [7, 11) is 0. The van der Waals surface area contributed by atoms with Crippen molar-refractivity contribution < 1.29 is 4.52 Å². The van der Waals surface area contributed by atoms with Crippen molar-refractivity contribution in [3.8, 4) is 11.4 Å². The Labute approximate surface area is 178 Å². The van der Waals surface area contributed by atoms with Gasteiger partial charge in [-0.05, 0) is 20.8 Å². The molecule has 1 aliphatic heterocycles. The topological polar surface area (TPSA) is 71.2 Å². The summed E-state index contributed by atoms with van der Waals surface area (Å²) in [6, 6.07) is 10.3. The lowest BCUT2D eigenvalue weighted by Gasteiger charge is -2.37. The lowest BCUT2D eigenvalue weighted by atomic mass is 10.1. The van der Waals surface area contributed by atoms with Crippen molar-refractivity contribution in [1.29, 1.82) is 0 Å². The second kappa shape index (κ2) is 8.52. The summed E-state index contributed by atoms with van der Waals surface area (Å²) < 4.78 is 5.60. The Morgan fingerprint density at radius 1 is 0.900 bits per heavy atom. The molecule has 30 heavy (non-hydrogen) atoms. The molecule has 7 heteroatoms. The standard InChI is InChI=1S/C23H30N6O/c1-15(2)21-24-17(4)14-20(25-21)29-12-10-28(11-13-29)18(5)23-26-22(27-30-23)19-8-6-16(3)7-9-19/h6-9,14-15,18H,10-13H2,1-5H3/t18-/m0/s1. The molecule has 4 rings (SSSR count). The SMILES string of the molecule is Cc1ccc(-c2noc([C@H](C)N3CCN(c4cc(C)nc(C(C)C)n4)CC3)n2)cc1. The van der Waals surface area contributed by atoms with Gasteiger partial charge in [-0.1, -0.05) is 48.8 Å². The van der Waals surface area contributed by atoms with Gasteiger partial charge in [0.2, 0.25) is 11.7 Å². The molecular formula is C23H30N6O. The van der Waals surface area contributed by atoms with E-state index < -0.39 is 0 Å². The molecule has 0 unspecified atom stereocenters. The van der Waals surface area contributed by atoms with Gasteiger partial charge in [0.1, 0.15) is 11.6 Å². The van der Waals surface area contributed by atoms with Crippen LogP contribution in [-0.4, -0.2) is 51.2 Å². The Morgan fingerprint density at radius 3 is 2.27 bits per heavy atom. The van der Waals surface area contributed by atoms with E-state index in [4.69, 9.17) is 9.51 Å². The van der Waals surface area contributed by atoms with Gasteiger partial charge in [-0.15, -0.1) is 0 Å². The van der Waals surface area contributed by atoms with Gasteiger partial charge in [-0.25, -0.2) is 9.97 Å². The lowest BCUT2D eigenvalue weighted by molar-refractivity contribution is 0.164. The first-order valence-electron chi connectivity index (χ1n) is 10.7. The maximum Gasteiger partial charge on any atom is 0.244 e. The number of anilines is 1. The summed E-state index contributed by atoms with van der Waals surface area (Å²) in [4.78, 5) is 18.7. The monoisotopic (exact) mass is 406 g/mol. The zero-order valence-electron chi connectivity index (χ0n) is 18.5. The minimum absolute atomic E-state index is 0.0807. The normalized spacial score (nSPS) is 16.3. The van der Waals surface area contributed by atoms with E-state index >= 15 is 0 Å². The third kappa shape index (κ3) is 4.36. The molecule has 0 N–H and O–H groups in total. The first-order valence-corrected chi connectivity index (χ1v) is 10.7. The Morgan fingerprint density at radius 2 is 1.60 bits per heavy atom. The van der Waals surface area contributed by atoms with E-state index in [-0.39, 0.29) is 6.04 Å². The molecule has 7 nitrogen and oxygen atoms in total. The third-order valence-corrected chi connectivity index (χ3v) is 5.67. The Bertz CT molecular complexity index is 989. The number of hydrogen-bond acceptors (Lipinski definition) is 7. The van der Waals surface area contributed by atoms with Gasteiger partial charge >= 0.3 is 0 Å². The van der Waals surface area contributed by atoms with Gasteiger partial charge in [0, 0.05) is 49.4 Å². The summed E-state index contributed by atoms with van der Waals surface area (Å²) in [6.07, 6.45) is 0. The van der Waals surface area contributed by atoms with Crippen LogP contribution in [0.3, 0.4) is 0 Å². The quantitative estimate of drug-likeness (QED) is 0.630. The molecule has 3 aromatic rings. The van der Waals surface area contributed by atoms with Crippen molar-refractivity contribution in [1.82, 2.24) is 25.0 Å². The number of nitrogens with zero attached hydrogens (tertiary/aromatic N) is 6. The van der Waals surface area contributed by atoms with E-state index in [1.165, 1.54) is 5.56 Å². The first-order chi connectivity index (χ1) is 14.4. The fourth-order valence-corrected chi connectivity index (χ4v) is 3.71. The summed E-state index contributed by atoms with van der Waals surface area (Å²) in [5.74, 6) is 3.57. The van der Waals surface area contributed by atoms with Crippen LogP contribution in [0.1, 0.15) is 55.7 Å². The van der Waals surface area contributed by atoms with Crippen molar-refractivity contribution in [3.05, 3.63) is 53.3 Å². The Hall–Kier alpha value is -2.80. The van der Waals surface area contributed by atoms with Gasteiger partial charge in [-0.2, -0.15) is 4.98 Å². The summed E-state index contributed by atoms with van der Waals surface area (Å²) >= 11 is 0. The average Bonchev–Trinajstić information content (AvgIpc) is 3.23. The Kier molecular flexibility index (Phi) is 5.81.